The van der Waals surface area contributed by atoms with Crippen molar-refractivity contribution in [2.75, 3.05) is 7.11 Å². The molecule has 2 heteroatoms. The molecule has 2 saturated carbocycles. The van der Waals surface area contributed by atoms with E-state index in [-0.39, 0.29) is 5.41 Å². The molecule has 124 valence electrons. The summed E-state index contributed by atoms with van der Waals surface area (Å²) in [6, 6.07) is 6.54. The Morgan fingerprint density at radius 3 is 2.78 bits per heavy atom. The number of rotatable bonds is 2. The largest absolute Gasteiger partial charge is 0.496 e. The second kappa shape index (κ2) is 5.36. The van der Waals surface area contributed by atoms with Crippen LogP contribution in [0.2, 0.25) is 0 Å². The lowest BCUT2D eigenvalue weighted by atomic mass is 9.54. The number of hydrogen-bond donors (Lipinski definition) is 0. The van der Waals surface area contributed by atoms with E-state index in [2.05, 4.69) is 25.1 Å². The van der Waals surface area contributed by atoms with E-state index in [1.54, 1.807) is 7.11 Å². The number of aryl methyl sites for hydroxylation is 1. The van der Waals surface area contributed by atoms with E-state index in [4.69, 9.17) is 4.74 Å². The normalized spacial score (nSPS) is 38.4. The molecular weight excluding hydrogens is 284 g/mol. The molecule has 3 aliphatic rings. The highest BCUT2D eigenvalue weighted by atomic mass is 16.5. The molecule has 1 aromatic rings. The summed E-state index contributed by atoms with van der Waals surface area (Å²) in [6.45, 7) is 4.22. The topological polar surface area (TPSA) is 26.3 Å². The van der Waals surface area contributed by atoms with Crippen molar-refractivity contribution in [2.45, 2.75) is 58.3 Å². The Hall–Kier alpha value is -1.31. The maximum Gasteiger partial charge on any atom is 0.133 e. The lowest BCUT2D eigenvalue weighted by Gasteiger charge is -2.50. The molecule has 23 heavy (non-hydrogen) atoms. The van der Waals surface area contributed by atoms with E-state index in [1.807, 2.05) is 6.92 Å². The Labute approximate surface area is 139 Å². The molecule has 0 radical (unpaired) electrons. The van der Waals surface area contributed by atoms with Crippen molar-refractivity contribution in [3.63, 3.8) is 0 Å². The lowest BCUT2D eigenvalue weighted by Crippen LogP contribution is -2.43. The summed E-state index contributed by atoms with van der Waals surface area (Å²) in [4.78, 5) is 12.1. The van der Waals surface area contributed by atoms with Crippen LogP contribution in [0, 0.1) is 23.2 Å². The molecule has 0 unspecified atom stereocenters. The van der Waals surface area contributed by atoms with Gasteiger partial charge in [-0.1, -0.05) is 19.1 Å². The van der Waals surface area contributed by atoms with Gasteiger partial charge in [0, 0.05) is 11.5 Å². The summed E-state index contributed by atoms with van der Waals surface area (Å²) < 4.78 is 5.70. The average molecular weight is 312 g/mol. The molecule has 0 heterocycles. The summed E-state index contributed by atoms with van der Waals surface area (Å²) in [7, 11) is 1.80. The predicted octanol–water partition coefficient (Wildman–Crippen LogP) is 4.76. The quantitative estimate of drug-likeness (QED) is 0.787. The number of ketones is 1. The van der Waals surface area contributed by atoms with Gasteiger partial charge in [-0.2, -0.15) is 0 Å². The number of fused-ring (bicyclic) bond motifs is 5. The van der Waals surface area contributed by atoms with Gasteiger partial charge in [0.15, 0.2) is 0 Å². The minimum Gasteiger partial charge on any atom is -0.496 e. The van der Waals surface area contributed by atoms with Gasteiger partial charge in [-0.25, -0.2) is 0 Å². The number of benzene rings is 1. The molecule has 2 nitrogen and oxygen atoms in total. The van der Waals surface area contributed by atoms with Crippen LogP contribution < -0.4 is 4.74 Å². The summed E-state index contributed by atoms with van der Waals surface area (Å²) in [5.74, 6) is 3.89. The zero-order valence-electron chi connectivity index (χ0n) is 14.6. The van der Waals surface area contributed by atoms with Crippen LogP contribution in [0.4, 0.5) is 0 Å². The SMILES string of the molecule is COc1cccc2c1[C@H]1CC[C@]3(C)[C@@H](C(C)=O)CC[C@H]3[C@@H]1CC2. The first kappa shape index (κ1) is 15.2. The second-order valence-electron chi connectivity index (χ2n) is 8.23. The minimum absolute atomic E-state index is 0.243. The second-order valence-corrected chi connectivity index (χ2v) is 8.23. The molecule has 0 N–H and O–H groups in total. The number of methoxy groups -OCH3 is 1. The Balaban J connectivity index is 1.72. The van der Waals surface area contributed by atoms with Crippen LogP contribution in [0.3, 0.4) is 0 Å². The third kappa shape index (κ3) is 2.10. The zero-order valence-corrected chi connectivity index (χ0v) is 14.6. The fourth-order valence-electron chi connectivity index (χ4n) is 6.44. The van der Waals surface area contributed by atoms with Gasteiger partial charge in [-0.3, -0.25) is 4.79 Å². The van der Waals surface area contributed by atoms with Crippen molar-refractivity contribution in [3.8, 4) is 5.75 Å². The summed E-state index contributed by atoms with van der Waals surface area (Å²) in [5.41, 5.74) is 3.22. The molecule has 4 rings (SSSR count). The minimum atomic E-state index is 0.243. The number of hydrogen-bond acceptors (Lipinski definition) is 2. The highest BCUT2D eigenvalue weighted by Crippen LogP contribution is 2.63. The van der Waals surface area contributed by atoms with E-state index in [0.717, 1.165) is 18.1 Å². The first-order valence-electron chi connectivity index (χ1n) is 9.22. The highest BCUT2D eigenvalue weighted by Gasteiger charge is 2.56. The molecule has 0 spiro atoms. The smallest absolute Gasteiger partial charge is 0.133 e. The highest BCUT2D eigenvalue weighted by molar-refractivity contribution is 5.79. The van der Waals surface area contributed by atoms with Crippen LogP contribution in [0.1, 0.15) is 63.0 Å². The Bertz CT molecular complexity index is 620. The standard InChI is InChI=1S/C21H28O2/c1-13(22)17-9-10-18-15-8-7-14-5-4-6-19(23-3)20(14)16(15)11-12-21(17,18)2/h4-6,15-18H,7-12H2,1-3H3/t15-,16+,17-,18+,21-/m1/s1. The Kier molecular flexibility index (Phi) is 3.55. The van der Waals surface area contributed by atoms with E-state index in [0.29, 0.717) is 23.5 Å². The van der Waals surface area contributed by atoms with Crippen molar-refractivity contribution >= 4 is 5.78 Å². The molecule has 0 bridgehead atoms. The number of Topliss-reactive ketones (excluding diaryl/α,β-unsaturated/α-hetero) is 1. The van der Waals surface area contributed by atoms with Crippen molar-refractivity contribution in [1.29, 1.82) is 0 Å². The predicted molar refractivity (Wildman–Crippen MR) is 91.8 cm³/mol. The number of ether oxygens (including phenoxy) is 1. The van der Waals surface area contributed by atoms with Crippen LogP contribution in [-0.4, -0.2) is 12.9 Å². The van der Waals surface area contributed by atoms with Gasteiger partial charge in [0.2, 0.25) is 0 Å². The van der Waals surface area contributed by atoms with Crippen molar-refractivity contribution in [1.82, 2.24) is 0 Å². The molecule has 5 atom stereocenters. The molecule has 0 saturated heterocycles. The van der Waals surface area contributed by atoms with Gasteiger partial charge in [0.25, 0.3) is 0 Å². The van der Waals surface area contributed by atoms with Gasteiger partial charge >= 0.3 is 0 Å². The fourth-order valence-corrected chi connectivity index (χ4v) is 6.44. The summed E-state index contributed by atoms with van der Waals surface area (Å²) in [6.07, 6.45) is 7.22. The van der Waals surface area contributed by atoms with Crippen molar-refractivity contribution < 1.29 is 9.53 Å². The molecule has 1 aromatic carbocycles. The van der Waals surface area contributed by atoms with Gasteiger partial charge in [0.1, 0.15) is 11.5 Å². The van der Waals surface area contributed by atoms with E-state index >= 15 is 0 Å². The first-order chi connectivity index (χ1) is 11.1. The number of carbonyl (C=O) groups excluding carboxylic acids is 1. The van der Waals surface area contributed by atoms with Gasteiger partial charge in [-0.05, 0) is 80.2 Å². The summed E-state index contributed by atoms with van der Waals surface area (Å²) in [5, 5.41) is 0. The van der Waals surface area contributed by atoms with Crippen LogP contribution in [0.25, 0.3) is 0 Å². The first-order valence-corrected chi connectivity index (χ1v) is 9.22. The maximum absolute atomic E-state index is 12.1. The van der Waals surface area contributed by atoms with Gasteiger partial charge in [-0.15, -0.1) is 0 Å². The maximum atomic E-state index is 12.1. The molecule has 0 amide bonds. The van der Waals surface area contributed by atoms with Crippen LogP contribution in [0.15, 0.2) is 18.2 Å². The number of carbonyl (C=O) groups is 1. The molecular formula is C21H28O2. The fraction of sp³-hybridized carbons (Fsp3) is 0.667. The molecule has 3 aliphatic carbocycles. The summed E-state index contributed by atoms with van der Waals surface area (Å²) >= 11 is 0. The third-order valence-electron chi connectivity index (χ3n) is 7.42. The molecule has 0 aliphatic heterocycles. The van der Waals surface area contributed by atoms with Gasteiger partial charge < -0.3 is 4.74 Å². The monoisotopic (exact) mass is 312 g/mol. The molecule has 0 aromatic heterocycles. The van der Waals surface area contributed by atoms with Crippen LogP contribution in [-0.2, 0) is 11.2 Å². The average Bonchev–Trinajstić information content (AvgIpc) is 2.91. The van der Waals surface area contributed by atoms with E-state index in [1.165, 1.54) is 43.2 Å². The van der Waals surface area contributed by atoms with Crippen LogP contribution in [0.5, 0.6) is 5.75 Å². The van der Waals surface area contributed by atoms with Crippen molar-refractivity contribution in [2.24, 2.45) is 23.2 Å². The van der Waals surface area contributed by atoms with E-state index in [9.17, 15) is 4.79 Å². The third-order valence-corrected chi connectivity index (χ3v) is 7.42. The molecule has 2 fully saturated rings. The zero-order chi connectivity index (χ0) is 16.2. The Morgan fingerprint density at radius 2 is 2.04 bits per heavy atom. The Morgan fingerprint density at radius 1 is 1.22 bits per heavy atom. The lowest BCUT2D eigenvalue weighted by molar-refractivity contribution is -0.125. The van der Waals surface area contributed by atoms with Gasteiger partial charge in [0.05, 0.1) is 7.11 Å². The van der Waals surface area contributed by atoms with Crippen LogP contribution >= 0.6 is 0 Å². The van der Waals surface area contributed by atoms with Crippen molar-refractivity contribution in [3.05, 3.63) is 29.3 Å². The van der Waals surface area contributed by atoms with E-state index < -0.39 is 0 Å².